The van der Waals surface area contributed by atoms with Crippen LogP contribution in [0.5, 0.6) is 0 Å². The molecule has 2 aromatic carbocycles. The monoisotopic (exact) mass is 877 g/mol. The third-order valence-corrected chi connectivity index (χ3v) is 13.8. The summed E-state index contributed by atoms with van der Waals surface area (Å²) in [6, 6.07) is 21.8. The molecule has 0 saturated heterocycles. The molecule has 0 saturated carbocycles. The normalized spacial score (nSPS) is 11.5. The predicted molar refractivity (Wildman–Crippen MR) is 286 cm³/mol. The molecule has 0 heterocycles. The van der Waals surface area contributed by atoms with E-state index >= 15 is 0 Å². The lowest BCUT2D eigenvalue weighted by molar-refractivity contribution is -0.929. The van der Waals surface area contributed by atoms with Crippen LogP contribution in [0, 0.1) is 0 Å². The molecule has 2 rings (SSSR count). The van der Waals surface area contributed by atoms with Crippen molar-refractivity contribution in [1.29, 1.82) is 0 Å². The van der Waals surface area contributed by atoms with Gasteiger partial charge in [-0.25, -0.2) is 0 Å². The van der Waals surface area contributed by atoms with Crippen LogP contribution >= 0.6 is 0 Å². The highest BCUT2D eigenvalue weighted by atomic mass is 15.3. The van der Waals surface area contributed by atoms with Crippen molar-refractivity contribution in [3.8, 4) is 0 Å². The Morgan fingerprint density at radius 3 is 0.762 bits per heavy atom. The van der Waals surface area contributed by atoms with Crippen LogP contribution in [-0.2, 0) is 13.1 Å². The highest BCUT2D eigenvalue weighted by molar-refractivity contribution is 5.17. The lowest BCUT2D eigenvalue weighted by atomic mass is 10.0. The first-order chi connectivity index (χ1) is 30.6. The average Bonchev–Trinajstić information content (AvgIpc) is 3.29. The van der Waals surface area contributed by atoms with Crippen LogP contribution in [0.2, 0.25) is 0 Å². The van der Waals surface area contributed by atoms with Crippen LogP contribution in [-0.4, -0.2) is 42.1 Å². The molecule has 0 unspecified atom stereocenters. The summed E-state index contributed by atoms with van der Waals surface area (Å²) in [7, 11) is 0. The smallest absolute Gasteiger partial charge is 0.0786 e. The van der Waals surface area contributed by atoms with E-state index in [0.717, 1.165) is 13.1 Å². The van der Waals surface area contributed by atoms with Crippen molar-refractivity contribution in [3.63, 3.8) is 0 Å². The third kappa shape index (κ3) is 39.2. The summed E-state index contributed by atoms with van der Waals surface area (Å²) in [6.07, 6.45) is 51.7. The van der Waals surface area contributed by atoms with E-state index in [1.807, 2.05) is 0 Å². The van der Waals surface area contributed by atoms with Gasteiger partial charge in [0.05, 0.1) is 26.2 Å². The molecule has 0 atom stereocenters. The van der Waals surface area contributed by atoms with Gasteiger partial charge < -0.3 is 10.6 Å². The van der Waals surface area contributed by atoms with Gasteiger partial charge in [0.15, 0.2) is 0 Å². The zero-order valence-corrected chi connectivity index (χ0v) is 43.8. The van der Waals surface area contributed by atoms with E-state index in [1.54, 1.807) is 0 Å². The SMILES string of the molecule is CCCCCCCCCCCCCCN(Cc1ccccc1)Cc1ccccc1.CCCCCCCC[N+](CCCCCCCC)(CCCCCCCC)CCCCCCCC.N. The lowest BCUT2D eigenvalue weighted by Gasteiger charge is -2.40. The maximum absolute atomic E-state index is 2.61. The van der Waals surface area contributed by atoms with Gasteiger partial charge in [0.1, 0.15) is 0 Å². The number of benzene rings is 2. The van der Waals surface area contributed by atoms with Crippen molar-refractivity contribution in [2.24, 2.45) is 0 Å². The van der Waals surface area contributed by atoms with Crippen LogP contribution in [0.3, 0.4) is 0 Å². The van der Waals surface area contributed by atoms with Gasteiger partial charge in [-0.3, -0.25) is 4.90 Å². The van der Waals surface area contributed by atoms with Crippen molar-refractivity contribution in [3.05, 3.63) is 71.8 Å². The van der Waals surface area contributed by atoms with E-state index in [-0.39, 0.29) is 6.15 Å². The van der Waals surface area contributed by atoms with Crippen molar-refractivity contribution >= 4 is 0 Å². The topological polar surface area (TPSA) is 38.2 Å². The molecule has 0 fully saturated rings. The minimum atomic E-state index is 0. The lowest BCUT2D eigenvalue weighted by Crippen LogP contribution is -2.50. The molecule has 2 aromatic rings. The average molecular weight is 878 g/mol. The second-order valence-electron chi connectivity index (χ2n) is 19.9. The van der Waals surface area contributed by atoms with E-state index in [2.05, 4.69) is 100 Å². The first kappa shape index (κ1) is 61.3. The Morgan fingerprint density at radius 1 is 0.286 bits per heavy atom. The summed E-state index contributed by atoms with van der Waals surface area (Å²) >= 11 is 0. The fourth-order valence-corrected chi connectivity index (χ4v) is 9.65. The summed E-state index contributed by atoms with van der Waals surface area (Å²) in [6.45, 7) is 20.8. The Balaban J connectivity index is 0.00000121. The van der Waals surface area contributed by atoms with Crippen LogP contribution in [0.25, 0.3) is 0 Å². The second-order valence-corrected chi connectivity index (χ2v) is 19.9. The van der Waals surface area contributed by atoms with E-state index in [0.29, 0.717) is 0 Å². The zero-order valence-electron chi connectivity index (χ0n) is 43.8. The van der Waals surface area contributed by atoms with E-state index in [9.17, 15) is 0 Å². The molecule has 0 aliphatic rings. The number of nitrogens with zero attached hydrogens (tertiary/aromatic N) is 2. The molecule has 0 aliphatic carbocycles. The number of rotatable bonds is 45. The van der Waals surface area contributed by atoms with Gasteiger partial charge in [-0.2, -0.15) is 0 Å². The van der Waals surface area contributed by atoms with Gasteiger partial charge in [-0.15, -0.1) is 0 Å². The van der Waals surface area contributed by atoms with E-state index in [4.69, 9.17) is 0 Å². The molecule has 0 amide bonds. The molecule has 63 heavy (non-hydrogen) atoms. The van der Waals surface area contributed by atoms with Crippen molar-refractivity contribution in [1.82, 2.24) is 11.1 Å². The van der Waals surface area contributed by atoms with E-state index in [1.165, 1.54) is 279 Å². The second kappa shape index (κ2) is 48.3. The Morgan fingerprint density at radius 2 is 0.508 bits per heavy atom. The first-order valence-corrected chi connectivity index (χ1v) is 28.3. The number of quaternary nitrogens is 1. The van der Waals surface area contributed by atoms with Gasteiger partial charge in [-0.1, -0.05) is 269 Å². The van der Waals surface area contributed by atoms with E-state index < -0.39 is 0 Å². The Bertz CT molecular complexity index is 1010. The molecule has 0 bridgehead atoms. The molecule has 3 heteroatoms. The molecule has 368 valence electrons. The molecule has 3 N–H and O–H groups in total. The number of hydrogen-bond acceptors (Lipinski definition) is 2. The van der Waals surface area contributed by atoms with Gasteiger partial charge >= 0.3 is 0 Å². The Labute approximate surface area is 397 Å². The maximum Gasteiger partial charge on any atom is 0.0786 e. The minimum absolute atomic E-state index is 0. The third-order valence-electron chi connectivity index (χ3n) is 13.8. The summed E-state index contributed by atoms with van der Waals surface area (Å²) in [5.74, 6) is 0. The highest BCUT2D eigenvalue weighted by Crippen LogP contribution is 2.21. The Hall–Kier alpha value is -1.68. The van der Waals surface area contributed by atoms with Crippen LogP contribution < -0.4 is 6.15 Å². The largest absolute Gasteiger partial charge is 0.344 e. The molecule has 0 radical (unpaired) electrons. The highest BCUT2D eigenvalue weighted by Gasteiger charge is 2.25. The fourth-order valence-electron chi connectivity index (χ4n) is 9.65. The Kier molecular flexibility index (Phi) is 47.0. The molecular weight excluding hydrogens is 763 g/mol. The van der Waals surface area contributed by atoms with Crippen LogP contribution in [0.4, 0.5) is 0 Å². The number of hydrogen-bond donors (Lipinski definition) is 1. The first-order valence-electron chi connectivity index (χ1n) is 28.3. The van der Waals surface area contributed by atoms with Gasteiger partial charge in [-0.05, 0) is 75.5 Å². The predicted octanol–water partition coefficient (Wildman–Crippen LogP) is 19.8. The molecule has 0 aromatic heterocycles. The van der Waals surface area contributed by atoms with Crippen LogP contribution in [0.1, 0.15) is 277 Å². The molecule has 3 nitrogen and oxygen atoms in total. The van der Waals surface area contributed by atoms with Crippen molar-refractivity contribution in [2.75, 3.05) is 32.7 Å². The van der Waals surface area contributed by atoms with Crippen LogP contribution in [0.15, 0.2) is 60.7 Å². The summed E-state index contributed by atoms with van der Waals surface area (Å²) in [5.41, 5.74) is 2.84. The summed E-state index contributed by atoms with van der Waals surface area (Å²) < 4.78 is 1.48. The maximum atomic E-state index is 2.61. The van der Waals surface area contributed by atoms with Crippen molar-refractivity contribution < 1.29 is 4.48 Å². The minimum Gasteiger partial charge on any atom is -0.344 e. The molecular formula is C60H114N3+. The zero-order chi connectivity index (χ0) is 44.7. The van der Waals surface area contributed by atoms with Gasteiger partial charge in [0, 0.05) is 13.1 Å². The quantitative estimate of drug-likeness (QED) is 0.0532. The summed E-state index contributed by atoms with van der Waals surface area (Å²) in [4.78, 5) is 2.61. The fraction of sp³-hybridized carbons (Fsp3) is 0.800. The summed E-state index contributed by atoms with van der Waals surface area (Å²) in [5, 5.41) is 0. The molecule has 0 spiro atoms. The number of unbranched alkanes of at least 4 members (excludes halogenated alkanes) is 31. The molecule has 0 aliphatic heterocycles. The van der Waals surface area contributed by atoms with Gasteiger partial charge in [0.2, 0.25) is 0 Å². The van der Waals surface area contributed by atoms with Gasteiger partial charge in [0.25, 0.3) is 0 Å². The standard InChI is InChI=1S/C32H68N.C28H43N.H3N/c1-5-9-13-17-21-25-29-33(30-26-22-18-14-10-6-2,31-27-23-19-15-11-7-3)32-28-24-20-16-12-8-4;1-2-3-4-5-6-7-8-9-10-11-12-19-24-29(25-27-20-15-13-16-21-27)26-28-22-17-14-18-23-28;/h5-32H2,1-4H3;13-18,20-23H,2-12,19,24-26H2,1H3;1H3/q+1;;. The van der Waals surface area contributed by atoms with Crippen molar-refractivity contribution in [2.45, 2.75) is 279 Å².